The van der Waals surface area contributed by atoms with Crippen molar-refractivity contribution in [1.29, 1.82) is 0 Å². The molecule has 1 amide bonds. The van der Waals surface area contributed by atoms with Crippen LogP contribution in [0.3, 0.4) is 0 Å². The molecule has 5 heterocycles. The fourth-order valence-corrected chi connectivity index (χ4v) is 7.18. The highest BCUT2D eigenvalue weighted by atomic mass is 19.1. The Labute approximate surface area is 265 Å². The first-order valence-corrected chi connectivity index (χ1v) is 15.5. The zero-order valence-corrected chi connectivity index (χ0v) is 26.8. The van der Waals surface area contributed by atoms with E-state index < -0.39 is 11.8 Å². The first-order chi connectivity index (χ1) is 21.9. The summed E-state index contributed by atoms with van der Waals surface area (Å²) in [6.07, 6.45) is 3.42. The molecule has 0 radical (unpaired) electrons. The topological polar surface area (TPSA) is 104 Å². The highest BCUT2D eigenvalue weighted by Crippen LogP contribution is 2.41. The highest BCUT2D eigenvalue weighted by Gasteiger charge is 2.37. The number of benzene rings is 1. The van der Waals surface area contributed by atoms with Gasteiger partial charge in [-0.25, -0.2) is 14.4 Å². The first kappa shape index (κ1) is 30.0. The van der Waals surface area contributed by atoms with Gasteiger partial charge in [0.2, 0.25) is 0 Å². The average molecular weight is 630 g/mol. The number of hydrogen-bond donors (Lipinski definition) is 1. The molecule has 240 valence electrons. The smallest absolute Gasteiger partial charge is 0.302 e. The molecule has 11 nitrogen and oxygen atoms in total. The van der Waals surface area contributed by atoms with Gasteiger partial charge in [-0.3, -0.25) is 14.4 Å². The zero-order valence-electron chi connectivity index (χ0n) is 26.8. The van der Waals surface area contributed by atoms with Gasteiger partial charge in [0.1, 0.15) is 25.2 Å². The van der Waals surface area contributed by atoms with Gasteiger partial charge >= 0.3 is 5.97 Å². The molecule has 0 bridgehead atoms. The van der Waals surface area contributed by atoms with Gasteiger partial charge in [0, 0.05) is 50.1 Å². The van der Waals surface area contributed by atoms with E-state index in [1.165, 1.54) is 34.9 Å². The molecular weight excluding hydrogens is 591 g/mol. The van der Waals surface area contributed by atoms with Crippen molar-refractivity contribution in [2.75, 3.05) is 23.4 Å². The Balaban J connectivity index is 1.30. The Morgan fingerprint density at radius 3 is 2.67 bits per heavy atom. The molecule has 0 fully saturated rings. The monoisotopic (exact) mass is 629 g/mol. The van der Waals surface area contributed by atoms with Crippen LogP contribution >= 0.6 is 0 Å². The highest BCUT2D eigenvalue weighted by molar-refractivity contribution is 6.07. The molecule has 3 aromatic heterocycles. The van der Waals surface area contributed by atoms with E-state index in [0.717, 1.165) is 18.5 Å². The Morgan fingerprint density at radius 2 is 1.91 bits per heavy atom. The van der Waals surface area contributed by atoms with Crippen molar-refractivity contribution in [2.24, 2.45) is 19.5 Å². The van der Waals surface area contributed by atoms with Crippen LogP contribution in [-0.2, 0) is 67.5 Å². The summed E-state index contributed by atoms with van der Waals surface area (Å²) in [7, 11) is 3.54. The van der Waals surface area contributed by atoms with Crippen LogP contribution < -0.4 is 20.5 Å². The van der Waals surface area contributed by atoms with Gasteiger partial charge in [-0.05, 0) is 53.6 Å². The predicted molar refractivity (Wildman–Crippen MR) is 168 cm³/mol. The van der Waals surface area contributed by atoms with E-state index in [9.17, 15) is 14.4 Å². The summed E-state index contributed by atoms with van der Waals surface area (Å²) in [5.41, 5.74) is 5.87. The summed E-state index contributed by atoms with van der Waals surface area (Å²) < 4.78 is 34.2. The molecule has 4 aromatic rings. The Hall–Kier alpha value is -4.71. The van der Waals surface area contributed by atoms with Crippen LogP contribution in [0.25, 0.3) is 11.1 Å². The van der Waals surface area contributed by atoms with E-state index >= 15 is 4.39 Å². The van der Waals surface area contributed by atoms with E-state index in [-0.39, 0.29) is 29.2 Å². The number of pyridine rings is 1. The van der Waals surface area contributed by atoms with Crippen LogP contribution in [0, 0.1) is 11.2 Å². The van der Waals surface area contributed by atoms with Gasteiger partial charge in [0.25, 0.3) is 17.3 Å². The minimum Gasteiger partial charge on any atom is -0.461 e. The van der Waals surface area contributed by atoms with E-state index in [1.807, 2.05) is 23.9 Å². The number of aryl methyl sites for hydroxylation is 1. The third kappa shape index (κ3) is 5.10. The minimum atomic E-state index is -0.551. The Kier molecular flexibility index (Phi) is 7.15. The summed E-state index contributed by atoms with van der Waals surface area (Å²) in [6.45, 7) is 8.26. The second-order valence-electron chi connectivity index (χ2n) is 13.3. The lowest BCUT2D eigenvalue weighted by molar-refractivity contribution is -0.742. The molecule has 0 saturated carbocycles. The fourth-order valence-electron chi connectivity index (χ4n) is 7.18. The number of aromatic nitrogens is 4. The van der Waals surface area contributed by atoms with Gasteiger partial charge < -0.3 is 23.5 Å². The maximum atomic E-state index is 15.5. The van der Waals surface area contributed by atoms with Crippen LogP contribution in [0.4, 0.5) is 21.6 Å². The van der Waals surface area contributed by atoms with E-state index in [4.69, 9.17) is 9.47 Å². The van der Waals surface area contributed by atoms with Crippen LogP contribution in [0.15, 0.2) is 41.3 Å². The largest absolute Gasteiger partial charge is 0.461 e. The molecule has 1 N–H and O–H groups in total. The number of nitrogens with one attached hydrogen (secondary N) is 1. The summed E-state index contributed by atoms with van der Waals surface area (Å²) in [5, 5.41) is 3.26. The van der Waals surface area contributed by atoms with Crippen molar-refractivity contribution in [3.63, 3.8) is 0 Å². The van der Waals surface area contributed by atoms with Crippen molar-refractivity contribution in [1.82, 2.24) is 13.8 Å². The van der Waals surface area contributed by atoms with Gasteiger partial charge in [0.05, 0.1) is 37.2 Å². The molecule has 1 aromatic carbocycles. The van der Waals surface area contributed by atoms with Crippen LogP contribution in [0.5, 0.6) is 0 Å². The number of rotatable bonds is 6. The summed E-state index contributed by atoms with van der Waals surface area (Å²) in [6, 6.07) is 8.26. The number of carbonyl (C=O) groups excluding carboxylic acids is 2. The molecular formula is C34H38FN6O5+. The summed E-state index contributed by atoms with van der Waals surface area (Å²) in [4.78, 5) is 40.9. The average Bonchev–Trinajstić information content (AvgIpc) is 3.61. The van der Waals surface area contributed by atoms with Crippen LogP contribution in [0.1, 0.15) is 53.8 Å². The number of nitrogens with zero attached hydrogens (tertiary/aromatic N) is 5. The molecule has 0 unspecified atom stereocenters. The number of anilines is 3. The van der Waals surface area contributed by atoms with Crippen LogP contribution in [0.2, 0.25) is 0 Å². The Bertz CT molecular complexity index is 1990. The molecule has 0 saturated heterocycles. The number of amides is 1. The van der Waals surface area contributed by atoms with Crippen molar-refractivity contribution in [3.05, 3.63) is 80.9 Å². The molecule has 0 spiro atoms. The van der Waals surface area contributed by atoms with Gasteiger partial charge in [-0.15, -0.1) is 0 Å². The lowest BCUT2D eigenvalue weighted by Crippen LogP contribution is -2.43. The number of hydrogen-bond acceptors (Lipinski definition) is 6. The maximum Gasteiger partial charge on any atom is 0.302 e. The lowest BCUT2D eigenvalue weighted by Gasteiger charge is -2.32. The maximum absolute atomic E-state index is 15.5. The first-order valence-electron chi connectivity index (χ1n) is 15.5. The molecule has 1 aliphatic carbocycles. The second kappa shape index (κ2) is 11.0. The van der Waals surface area contributed by atoms with E-state index in [1.54, 1.807) is 24.2 Å². The number of esters is 1. The summed E-state index contributed by atoms with van der Waals surface area (Å²) in [5.74, 6) is -0.580. The van der Waals surface area contributed by atoms with E-state index in [2.05, 4.69) is 28.4 Å². The molecule has 12 heteroatoms. The SMILES string of the molecule is CC(=O)OCc1c(-c2cc(Nc3cc4n([n+]3C)CCOC4)c(=O)n(C)c2)cc(F)cc1N1CCn2c(cc3c2CC(C)(C)C3)C1=O. The number of fused-ring (bicyclic) bond motifs is 4. The van der Waals surface area contributed by atoms with Crippen LogP contribution in [-0.4, -0.2) is 38.8 Å². The predicted octanol–water partition coefficient (Wildman–Crippen LogP) is 3.74. The third-order valence-electron chi connectivity index (χ3n) is 9.33. The number of ether oxygens (including phenoxy) is 2. The number of halogens is 1. The van der Waals surface area contributed by atoms with Gasteiger partial charge in [-0.2, -0.15) is 4.68 Å². The molecule has 0 atom stereocenters. The summed E-state index contributed by atoms with van der Waals surface area (Å²) >= 11 is 0. The lowest BCUT2D eigenvalue weighted by atomic mass is 9.90. The fraction of sp³-hybridized carbons (Fsp3) is 0.412. The standard InChI is InChI=1S/C34H37FN6O5/c1-20(42)46-19-26-25(22-10-27(32(43)37(4)17-22)36-31-14-24-18-45-9-8-41(24)38(31)5)12-23(35)13-28(26)40-7-6-39-29(33(40)44)11-21-15-34(2,3)16-30(21)39/h10-14,17H,6-9,15-16,18-19H2,1-5H3/p+1. The Morgan fingerprint density at radius 1 is 1.11 bits per heavy atom. The zero-order chi connectivity index (χ0) is 32.5. The van der Waals surface area contributed by atoms with Gasteiger partial charge in [-0.1, -0.05) is 13.8 Å². The van der Waals surface area contributed by atoms with Crippen molar-refractivity contribution < 1.29 is 28.1 Å². The molecule has 2 aliphatic heterocycles. The number of carbonyl (C=O) groups is 2. The molecule has 7 rings (SSSR count). The minimum absolute atomic E-state index is 0.151. The second-order valence-corrected chi connectivity index (χ2v) is 13.3. The normalized spacial score (nSPS) is 16.7. The van der Waals surface area contributed by atoms with Crippen molar-refractivity contribution in [3.8, 4) is 11.1 Å². The van der Waals surface area contributed by atoms with Crippen molar-refractivity contribution in [2.45, 2.75) is 59.9 Å². The third-order valence-corrected chi connectivity index (χ3v) is 9.33. The van der Waals surface area contributed by atoms with Crippen molar-refractivity contribution >= 4 is 29.1 Å². The van der Waals surface area contributed by atoms with Gasteiger partial charge in [0.15, 0.2) is 5.69 Å². The van der Waals surface area contributed by atoms with E-state index in [0.29, 0.717) is 66.7 Å². The molecule has 46 heavy (non-hydrogen) atoms. The molecule has 3 aliphatic rings. The quantitative estimate of drug-likeness (QED) is 0.258.